The maximum absolute atomic E-state index is 13.5. The van der Waals surface area contributed by atoms with Crippen molar-refractivity contribution in [2.45, 2.75) is 45.7 Å². The molecular weight excluding hydrogens is 466 g/mol. The summed E-state index contributed by atoms with van der Waals surface area (Å²) in [5, 5.41) is 11.5. The summed E-state index contributed by atoms with van der Waals surface area (Å²) in [6.07, 6.45) is 0. The second kappa shape index (κ2) is 10.1. The third kappa shape index (κ3) is 5.10. The summed E-state index contributed by atoms with van der Waals surface area (Å²) < 4.78 is 10.9. The maximum Gasteiger partial charge on any atom is 0.295 e. The zero-order chi connectivity index (χ0) is 26.9. The molecule has 3 aromatic carbocycles. The number of aliphatic hydroxyl groups excluding tert-OH is 1. The van der Waals surface area contributed by atoms with Gasteiger partial charge in [0.25, 0.3) is 11.7 Å². The number of Topliss-reactive ketones (excluding diaryl/α,β-unsaturated/α-hetero) is 1. The van der Waals surface area contributed by atoms with Gasteiger partial charge in [0.05, 0.1) is 25.8 Å². The number of rotatable bonds is 6. The molecule has 1 N–H and O–H groups in total. The Morgan fingerprint density at radius 2 is 1.68 bits per heavy atom. The first kappa shape index (κ1) is 26.0. The molecule has 4 rings (SSSR count). The quantitative estimate of drug-likeness (QED) is 0.258. The number of ketones is 1. The zero-order valence-electron chi connectivity index (χ0n) is 22.2. The predicted octanol–water partition coefficient (Wildman–Crippen LogP) is 5.93. The summed E-state index contributed by atoms with van der Waals surface area (Å²) in [5.74, 6) is -0.210. The summed E-state index contributed by atoms with van der Waals surface area (Å²) in [7, 11) is 3.19. The largest absolute Gasteiger partial charge is 0.507 e. The van der Waals surface area contributed by atoms with Crippen molar-refractivity contribution in [3.05, 3.63) is 100 Å². The molecule has 0 spiro atoms. The molecule has 1 heterocycles. The van der Waals surface area contributed by atoms with Crippen molar-refractivity contribution in [2.75, 3.05) is 14.2 Å². The second-order valence-corrected chi connectivity index (χ2v) is 10.4. The zero-order valence-corrected chi connectivity index (χ0v) is 22.2. The van der Waals surface area contributed by atoms with Crippen molar-refractivity contribution in [1.82, 2.24) is 4.90 Å². The summed E-state index contributed by atoms with van der Waals surface area (Å²) in [5.41, 5.74) is 3.72. The van der Waals surface area contributed by atoms with Crippen molar-refractivity contribution < 1.29 is 24.2 Å². The van der Waals surface area contributed by atoms with Gasteiger partial charge in [-0.2, -0.15) is 0 Å². The van der Waals surface area contributed by atoms with Crippen LogP contribution in [0.5, 0.6) is 11.5 Å². The van der Waals surface area contributed by atoms with Crippen LogP contribution in [0.4, 0.5) is 0 Å². The predicted molar refractivity (Wildman–Crippen MR) is 144 cm³/mol. The fourth-order valence-corrected chi connectivity index (χ4v) is 4.79. The molecule has 1 fully saturated rings. The number of nitrogens with zero attached hydrogens (tertiary/aromatic N) is 1. The molecule has 3 aromatic rings. The normalized spacial score (nSPS) is 17.2. The smallest absolute Gasteiger partial charge is 0.295 e. The van der Waals surface area contributed by atoms with Crippen molar-refractivity contribution in [1.29, 1.82) is 0 Å². The van der Waals surface area contributed by atoms with E-state index in [-0.39, 0.29) is 23.3 Å². The number of aliphatic hydroxyl groups is 1. The first-order valence-corrected chi connectivity index (χ1v) is 12.2. The highest BCUT2D eigenvalue weighted by atomic mass is 16.5. The van der Waals surface area contributed by atoms with E-state index in [2.05, 4.69) is 20.8 Å². The Bertz CT molecular complexity index is 1380. The lowest BCUT2D eigenvalue weighted by molar-refractivity contribution is -0.140. The standard InChI is InChI=1S/C31H33NO5/c1-19-9-7-11-21(15-19)27-26(28(33)22-13-14-25(37-6)24(17-22)31(2,3)4)29(34)30(35)32(27)18-20-10-8-12-23(16-20)36-5/h7-17,27,33H,18H2,1-6H3/b28-26-. The number of hydrogen-bond acceptors (Lipinski definition) is 5. The SMILES string of the molecule is COc1cccc(CN2C(=O)C(=O)/C(=C(\O)c3ccc(OC)c(C(C)(C)C)c3)C2c2cccc(C)c2)c1. The first-order valence-electron chi connectivity index (χ1n) is 12.2. The van der Waals surface area contributed by atoms with Crippen LogP contribution in [0.15, 0.2) is 72.3 Å². The van der Waals surface area contributed by atoms with Gasteiger partial charge in [0.15, 0.2) is 0 Å². The first-order chi connectivity index (χ1) is 17.5. The van der Waals surface area contributed by atoms with Crippen LogP contribution < -0.4 is 9.47 Å². The average molecular weight is 500 g/mol. The van der Waals surface area contributed by atoms with Gasteiger partial charge in [-0.3, -0.25) is 9.59 Å². The van der Waals surface area contributed by atoms with Crippen LogP contribution in [0.1, 0.15) is 54.6 Å². The molecule has 6 heteroatoms. The van der Waals surface area contributed by atoms with E-state index >= 15 is 0 Å². The van der Waals surface area contributed by atoms with E-state index < -0.39 is 17.7 Å². The van der Waals surface area contributed by atoms with E-state index in [0.717, 1.165) is 22.3 Å². The molecule has 1 aliphatic rings. The molecule has 0 saturated carbocycles. The third-order valence-corrected chi connectivity index (χ3v) is 6.67. The number of benzene rings is 3. The summed E-state index contributed by atoms with van der Waals surface area (Å²) in [6, 6.07) is 19.6. The number of ether oxygens (including phenoxy) is 2. The highest BCUT2D eigenvalue weighted by Gasteiger charge is 2.46. The second-order valence-electron chi connectivity index (χ2n) is 10.4. The Morgan fingerprint density at radius 3 is 2.32 bits per heavy atom. The number of hydrogen-bond donors (Lipinski definition) is 1. The van der Waals surface area contributed by atoms with Gasteiger partial charge >= 0.3 is 0 Å². The lowest BCUT2D eigenvalue weighted by Gasteiger charge is -2.26. The molecule has 1 saturated heterocycles. The number of amides is 1. The van der Waals surface area contributed by atoms with E-state index in [0.29, 0.717) is 17.1 Å². The summed E-state index contributed by atoms with van der Waals surface area (Å²) >= 11 is 0. The molecule has 0 aromatic heterocycles. The van der Waals surface area contributed by atoms with E-state index in [1.807, 2.05) is 61.5 Å². The highest BCUT2D eigenvalue weighted by molar-refractivity contribution is 6.46. The van der Waals surface area contributed by atoms with Gasteiger partial charge in [-0.05, 0) is 53.8 Å². The number of aryl methyl sites for hydroxylation is 1. The number of carbonyl (C=O) groups is 2. The molecule has 1 atom stereocenters. The van der Waals surface area contributed by atoms with Crippen molar-refractivity contribution >= 4 is 17.4 Å². The average Bonchev–Trinajstić information content (AvgIpc) is 3.12. The Hall–Kier alpha value is -4.06. The Morgan fingerprint density at radius 1 is 0.946 bits per heavy atom. The Balaban J connectivity index is 1.89. The van der Waals surface area contributed by atoms with Gasteiger partial charge < -0.3 is 19.5 Å². The van der Waals surface area contributed by atoms with Gasteiger partial charge in [0.2, 0.25) is 0 Å². The maximum atomic E-state index is 13.5. The number of likely N-dealkylation sites (tertiary alicyclic amines) is 1. The number of carbonyl (C=O) groups excluding carboxylic acids is 2. The molecule has 1 aliphatic heterocycles. The lowest BCUT2D eigenvalue weighted by Crippen LogP contribution is -2.29. The van der Waals surface area contributed by atoms with Gasteiger partial charge in [-0.1, -0.05) is 62.7 Å². The van der Waals surface area contributed by atoms with Crippen LogP contribution in [0, 0.1) is 6.92 Å². The topological polar surface area (TPSA) is 76.1 Å². The van der Waals surface area contributed by atoms with E-state index in [1.165, 1.54) is 4.90 Å². The molecule has 0 radical (unpaired) electrons. The fourth-order valence-electron chi connectivity index (χ4n) is 4.79. The molecule has 1 amide bonds. The molecule has 192 valence electrons. The Kier molecular flexibility index (Phi) is 7.12. The molecule has 37 heavy (non-hydrogen) atoms. The molecule has 1 unspecified atom stereocenters. The summed E-state index contributed by atoms with van der Waals surface area (Å²) in [4.78, 5) is 28.4. The molecule has 6 nitrogen and oxygen atoms in total. The van der Waals surface area contributed by atoms with Crippen LogP contribution in [0.3, 0.4) is 0 Å². The van der Waals surface area contributed by atoms with Gasteiger partial charge in [-0.25, -0.2) is 0 Å². The van der Waals surface area contributed by atoms with Crippen molar-refractivity contribution in [3.8, 4) is 11.5 Å². The van der Waals surface area contributed by atoms with Crippen LogP contribution in [0.25, 0.3) is 5.76 Å². The van der Waals surface area contributed by atoms with Gasteiger partial charge in [-0.15, -0.1) is 0 Å². The molecular formula is C31H33NO5. The van der Waals surface area contributed by atoms with Gasteiger partial charge in [0, 0.05) is 17.7 Å². The minimum absolute atomic E-state index is 0.0727. The van der Waals surface area contributed by atoms with Gasteiger partial charge in [0.1, 0.15) is 17.3 Å². The monoisotopic (exact) mass is 499 g/mol. The van der Waals surface area contributed by atoms with Crippen LogP contribution >= 0.6 is 0 Å². The van der Waals surface area contributed by atoms with Crippen LogP contribution in [0.2, 0.25) is 0 Å². The van der Waals surface area contributed by atoms with E-state index in [4.69, 9.17) is 9.47 Å². The molecule has 0 bridgehead atoms. The van der Waals surface area contributed by atoms with Crippen molar-refractivity contribution in [2.24, 2.45) is 0 Å². The lowest BCUT2D eigenvalue weighted by atomic mass is 9.84. The molecule has 0 aliphatic carbocycles. The number of methoxy groups -OCH3 is 2. The van der Waals surface area contributed by atoms with Crippen LogP contribution in [-0.4, -0.2) is 35.9 Å². The van der Waals surface area contributed by atoms with E-state index in [9.17, 15) is 14.7 Å². The summed E-state index contributed by atoms with van der Waals surface area (Å²) in [6.45, 7) is 8.29. The highest BCUT2D eigenvalue weighted by Crippen LogP contribution is 2.42. The Labute approximate surface area is 218 Å². The van der Waals surface area contributed by atoms with Crippen LogP contribution in [-0.2, 0) is 21.5 Å². The minimum Gasteiger partial charge on any atom is -0.507 e. The van der Waals surface area contributed by atoms with Crippen molar-refractivity contribution in [3.63, 3.8) is 0 Å². The van der Waals surface area contributed by atoms with E-state index in [1.54, 1.807) is 26.4 Å². The third-order valence-electron chi connectivity index (χ3n) is 6.67. The fraction of sp³-hybridized carbons (Fsp3) is 0.290. The minimum atomic E-state index is -0.744.